The number of nitrogens with zero attached hydrogens (tertiary/aromatic N) is 1. The molecule has 4 aromatic rings. The number of carbonyl (C=O) groups is 3. The molecule has 0 radical (unpaired) electrons. The Morgan fingerprint density at radius 2 is 1.56 bits per heavy atom. The van der Waals surface area contributed by atoms with Gasteiger partial charge in [-0.2, -0.15) is 0 Å². The van der Waals surface area contributed by atoms with E-state index in [-0.39, 0.29) is 17.3 Å². The number of benzene rings is 4. The number of ketones is 3. The molecule has 3 atom stereocenters. The molecule has 1 spiro atoms. The van der Waals surface area contributed by atoms with Crippen LogP contribution in [0.4, 0.5) is 5.69 Å². The molecule has 4 aromatic carbocycles. The van der Waals surface area contributed by atoms with Crippen LogP contribution in [-0.4, -0.2) is 43.7 Å². The van der Waals surface area contributed by atoms with Crippen LogP contribution in [0.1, 0.15) is 53.7 Å². The van der Waals surface area contributed by atoms with Crippen molar-refractivity contribution in [2.24, 2.45) is 5.41 Å². The second-order valence-electron chi connectivity index (χ2n) is 11.2. The predicted octanol–water partition coefficient (Wildman–Crippen LogP) is 6.98. The molecule has 0 saturated carbocycles. The molecule has 1 aliphatic carbocycles. The lowest BCUT2D eigenvalue weighted by Crippen LogP contribution is -2.48. The third-order valence-electron chi connectivity index (χ3n) is 9.14. The van der Waals surface area contributed by atoms with Crippen molar-refractivity contribution in [2.45, 2.75) is 24.9 Å². The van der Waals surface area contributed by atoms with E-state index in [0.29, 0.717) is 38.8 Å². The van der Waals surface area contributed by atoms with Crippen LogP contribution in [0.15, 0.2) is 91.0 Å². The molecule has 2 aliphatic heterocycles. The van der Waals surface area contributed by atoms with Crippen LogP contribution in [0, 0.1) is 12.3 Å². The molecule has 1 fully saturated rings. The maximum Gasteiger partial charge on any atom is 0.185 e. The Balaban J connectivity index is 1.58. The van der Waals surface area contributed by atoms with Gasteiger partial charge in [-0.05, 0) is 48.9 Å². The van der Waals surface area contributed by atoms with Crippen LogP contribution >= 0.6 is 11.6 Å². The van der Waals surface area contributed by atoms with Gasteiger partial charge in [0.1, 0.15) is 23.0 Å². The van der Waals surface area contributed by atoms with E-state index in [2.05, 4.69) is 0 Å². The highest BCUT2D eigenvalue weighted by atomic mass is 35.5. The van der Waals surface area contributed by atoms with Gasteiger partial charge in [0.25, 0.3) is 0 Å². The van der Waals surface area contributed by atoms with Gasteiger partial charge in [-0.3, -0.25) is 14.4 Å². The van der Waals surface area contributed by atoms with E-state index < -0.39 is 23.4 Å². The molecule has 0 N–H and O–H groups in total. The van der Waals surface area contributed by atoms with E-state index in [1.165, 1.54) is 0 Å². The molecule has 0 aromatic heterocycles. The summed E-state index contributed by atoms with van der Waals surface area (Å²) in [6.45, 7) is 1.96. The van der Waals surface area contributed by atoms with Crippen molar-refractivity contribution in [3.63, 3.8) is 0 Å². The third-order valence-corrected chi connectivity index (χ3v) is 9.38. The fourth-order valence-electron chi connectivity index (χ4n) is 7.26. The second kappa shape index (κ2) is 9.96. The first-order valence-electron chi connectivity index (χ1n) is 14.1. The number of Topliss-reactive ketones (excluding diaryl/α,β-unsaturated/α-hetero) is 3. The Bertz CT molecular complexity index is 1830. The van der Waals surface area contributed by atoms with Crippen LogP contribution in [-0.2, 0) is 0 Å². The zero-order chi connectivity index (χ0) is 30.0. The lowest BCUT2D eigenvalue weighted by molar-refractivity contribution is 0.0664. The molecule has 6 nitrogen and oxygen atoms in total. The summed E-state index contributed by atoms with van der Waals surface area (Å²) in [4.78, 5) is 46.5. The van der Waals surface area contributed by atoms with Gasteiger partial charge in [-0.15, -0.1) is 0 Å². The summed E-state index contributed by atoms with van der Waals surface area (Å²) >= 11 is 6.40. The van der Waals surface area contributed by atoms with Crippen molar-refractivity contribution in [1.82, 2.24) is 0 Å². The zero-order valence-corrected chi connectivity index (χ0v) is 24.6. The molecule has 43 heavy (non-hydrogen) atoms. The molecule has 2 heterocycles. The van der Waals surface area contributed by atoms with Crippen LogP contribution in [0.25, 0.3) is 6.08 Å². The summed E-state index contributed by atoms with van der Waals surface area (Å²) in [7, 11) is 3.10. The molecule has 1 saturated heterocycles. The number of anilines is 1. The minimum Gasteiger partial charge on any atom is -0.497 e. The summed E-state index contributed by atoms with van der Waals surface area (Å²) in [6.07, 6.45) is 3.77. The van der Waals surface area contributed by atoms with Crippen molar-refractivity contribution in [3.8, 4) is 11.5 Å². The monoisotopic (exact) mass is 589 g/mol. The highest BCUT2D eigenvalue weighted by molar-refractivity contribution is 6.33. The molecule has 0 amide bonds. The second-order valence-corrected chi connectivity index (χ2v) is 11.7. The molecule has 3 aliphatic rings. The van der Waals surface area contributed by atoms with E-state index in [1.807, 2.05) is 48.2 Å². The number of ether oxygens (including phenoxy) is 2. The Morgan fingerprint density at radius 1 is 0.860 bits per heavy atom. The normalized spacial score (nSPS) is 21.0. The number of halogens is 1. The van der Waals surface area contributed by atoms with Gasteiger partial charge < -0.3 is 14.4 Å². The van der Waals surface area contributed by atoms with E-state index in [0.717, 1.165) is 16.8 Å². The molecular weight excluding hydrogens is 562 g/mol. The largest absolute Gasteiger partial charge is 0.497 e. The summed E-state index contributed by atoms with van der Waals surface area (Å²) in [5.74, 6) is -0.753. The highest BCUT2D eigenvalue weighted by Gasteiger charge is 2.72. The van der Waals surface area contributed by atoms with Gasteiger partial charge in [0.05, 0.1) is 20.3 Å². The summed E-state index contributed by atoms with van der Waals surface area (Å²) in [5.41, 5.74) is 2.65. The van der Waals surface area contributed by atoms with Gasteiger partial charge in [0.2, 0.25) is 0 Å². The van der Waals surface area contributed by atoms with Crippen LogP contribution < -0.4 is 14.4 Å². The minimum absolute atomic E-state index is 0.204. The fraction of sp³-hybridized carbons (Fsp3) is 0.194. The highest BCUT2D eigenvalue weighted by Crippen LogP contribution is 2.62. The number of rotatable bonds is 5. The van der Waals surface area contributed by atoms with Crippen LogP contribution in [0.5, 0.6) is 11.5 Å². The number of hydrogen-bond donors (Lipinski definition) is 0. The van der Waals surface area contributed by atoms with E-state index >= 15 is 0 Å². The first-order chi connectivity index (χ1) is 20.8. The Labute approximate surface area is 254 Å². The first kappa shape index (κ1) is 27.2. The molecule has 0 bridgehead atoms. The topological polar surface area (TPSA) is 72.9 Å². The smallest absolute Gasteiger partial charge is 0.185 e. The van der Waals surface area contributed by atoms with Gasteiger partial charge >= 0.3 is 0 Å². The average molecular weight is 590 g/mol. The Morgan fingerprint density at radius 3 is 2.21 bits per heavy atom. The first-order valence-corrected chi connectivity index (χ1v) is 14.5. The summed E-state index contributed by atoms with van der Waals surface area (Å²) < 4.78 is 11.5. The van der Waals surface area contributed by atoms with Crippen molar-refractivity contribution in [1.29, 1.82) is 0 Å². The number of methoxy groups -OCH3 is 2. The Kier molecular flexibility index (Phi) is 6.29. The van der Waals surface area contributed by atoms with Gasteiger partial charge in [0, 0.05) is 38.9 Å². The van der Waals surface area contributed by atoms with E-state index in [1.54, 1.807) is 74.9 Å². The molecule has 0 unspecified atom stereocenters. The fourth-order valence-corrected chi connectivity index (χ4v) is 7.44. The van der Waals surface area contributed by atoms with Gasteiger partial charge in [0.15, 0.2) is 17.3 Å². The molecule has 7 heteroatoms. The van der Waals surface area contributed by atoms with Crippen molar-refractivity contribution >= 4 is 40.7 Å². The number of aryl methyl sites for hydroxylation is 1. The molecule has 7 rings (SSSR count). The van der Waals surface area contributed by atoms with Crippen molar-refractivity contribution < 1.29 is 23.9 Å². The maximum absolute atomic E-state index is 14.9. The number of carbonyl (C=O) groups excluding carboxylic acids is 3. The zero-order valence-electron chi connectivity index (χ0n) is 23.8. The molecular formula is C36H28ClNO5. The average Bonchev–Trinajstić information content (AvgIpc) is 3.46. The van der Waals surface area contributed by atoms with E-state index in [4.69, 9.17) is 21.1 Å². The summed E-state index contributed by atoms with van der Waals surface area (Å²) in [5, 5.41) is 0.545. The van der Waals surface area contributed by atoms with Gasteiger partial charge in [-0.1, -0.05) is 77.8 Å². The number of fused-ring (bicyclic) bond motifs is 5. The minimum atomic E-state index is -1.65. The van der Waals surface area contributed by atoms with E-state index in [9.17, 15) is 14.4 Å². The SMILES string of the molecule is COc1ccc(OC)c([C@H]2[C@@H](C(=O)c3ccc(C)cc3)N3c4ccc(Cl)cc4C=C[C@@H]3C23C(=O)c2ccccc2C3=O)c1. The van der Waals surface area contributed by atoms with Crippen LogP contribution in [0.3, 0.4) is 0 Å². The maximum atomic E-state index is 14.9. The standard InChI is InChI=1S/C36H28ClNO5/c1-20-8-10-21(11-9-20)33(39)32-31(27-19-24(42-2)14-16-29(27)43-3)36(34(40)25-6-4-5-7-26(25)35(36)41)30-17-12-22-18-23(37)13-15-28(22)38(30)32/h4-19,30-32H,1-3H3/t30-,31+,32+/m1/s1. The number of hydrogen-bond acceptors (Lipinski definition) is 6. The van der Waals surface area contributed by atoms with Crippen molar-refractivity contribution in [2.75, 3.05) is 19.1 Å². The Hall–Kier alpha value is -4.68. The third kappa shape index (κ3) is 3.76. The van der Waals surface area contributed by atoms with Crippen LogP contribution in [0.2, 0.25) is 5.02 Å². The van der Waals surface area contributed by atoms with Crippen molar-refractivity contribution in [3.05, 3.63) is 129 Å². The quantitative estimate of drug-likeness (QED) is 0.185. The lowest BCUT2D eigenvalue weighted by Gasteiger charge is -2.37. The lowest BCUT2D eigenvalue weighted by atomic mass is 9.64. The summed E-state index contributed by atoms with van der Waals surface area (Å²) in [6, 6.07) is 23.4. The predicted molar refractivity (Wildman–Crippen MR) is 166 cm³/mol. The van der Waals surface area contributed by atoms with Gasteiger partial charge in [-0.25, -0.2) is 0 Å². The molecule has 214 valence electrons.